The largest absolute Gasteiger partial charge is 0.478 e. The van der Waals surface area contributed by atoms with Crippen LogP contribution in [0.3, 0.4) is 0 Å². The maximum Gasteiger partial charge on any atom is 0.330 e. The van der Waals surface area contributed by atoms with Crippen molar-refractivity contribution in [2.24, 2.45) is 0 Å². The van der Waals surface area contributed by atoms with Gasteiger partial charge in [-0.1, -0.05) is 19.4 Å². The van der Waals surface area contributed by atoms with Crippen LogP contribution in [0.5, 0.6) is 0 Å². The van der Waals surface area contributed by atoms with Gasteiger partial charge in [0.25, 0.3) is 0 Å². The van der Waals surface area contributed by atoms with E-state index in [1.807, 2.05) is 0 Å². The minimum Gasteiger partial charge on any atom is -0.478 e. The molecule has 0 aliphatic heterocycles. The molecule has 0 rings (SSSR count). The van der Waals surface area contributed by atoms with Crippen molar-refractivity contribution >= 4 is 5.97 Å². The number of unbranched alkanes of at least 4 members (excludes halogenated alkanes) is 1. The number of aliphatic carboxylic acids is 1. The monoisotopic (exact) mass is 186 g/mol. The van der Waals surface area contributed by atoms with Crippen LogP contribution >= 0.6 is 0 Å². The minimum atomic E-state index is -0.853. The van der Waals surface area contributed by atoms with Crippen LogP contribution in [-0.2, 0) is 9.53 Å². The Labute approximate surface area is 79.4 Å². The molecular formula is C10H18O3. The van der Waals surface area contributed by atoms with Crippen molar-refractivity contribution in [1.82, 2.24) is 0 Å². The Hall–Kier alpha value is -0.830. The summed E-state index contributed by atoms with van der Waals surface area (Å²) in [7, 11) is 0. The molecule has 1 N–H and O–H groups in total. The molecule has 0 aliphatic rings. The summed E-state index contributed by atoms with van der Waals surface area (Å²) in [6.45, 7) is 5.09. The smallest absolute Gasteiger partial charge is 0.330 e. The average molecular weight is 186 g/mol. The van der Waals surface area contributed by atoms with Crippen LogP contribution < -0.4 is 0 Å². The molecule has 13 heavy (non-hydrogen) atoms. The van der Waals surface area contributed by atoms with Crippen molar-refractivity contribution in [3.8, 4) is 0 Å². The first kappa shape index (κ1) is 12.2. The third-order valence-corrected chi connectivity index (χ3v) is 1.69. The lowest BCUT2D eigenvalue weighted by molar-refractivity contribution is -0.132. The van der Waals surface area contributed by atoms with E-state index in [0.29, 0.717) is 18.6 Å². The SMILES string of the molecule is CCCCOCCC=C(C)C(=O)O. The predicted octanol–water partition coefficient (Wildman–Crippen LogP) is 2.22. The lowest BCUT2D eigenvalue weighted by Crippen LogP contribution is -1.98. The summed E-state index contributed by atoms with van der Waals surface area (Å²) in [5.74, 6) is -0.853. The summed E-state index contributed by atoms with van der Waals surface area (Å²) in [4.78, 5) is 10.4. The summed E-state index contributed by atoms with van der Waals surface area (Å²) in [5, 5.41) is 8.51. The second kappa shape index (κ2) is 7.80. The lowest BCUT2D eigenvalue weighted by atomic mass is 10.2. The molecule has 0 aromatic rings. The fourth-order valence-corrected chi connectivity index (χ4v) is 0.795. The Morgan fingerprint density at radius 1 is 1.46 bits per heavy atom. The minimum absolute atomic E-state index is 0.388. The van der Waals surface area contributed by atoms with Gasteiger partial charge in [0.15, 0.2) is 0 Å². The highest BCUT2D eigenvalue weighted by atomic mass is 16.5. The van der Waals surface area contributed by atoms with Crippen LogP contribution in [0.4, 0.5) is 0 Å². The summed E-state index contributed by atoms with van der Waals surface area (Å²) in [6.07, 6.45) is 4.57. The molecule has 0 spiro atoms. The summed E-state index contributed by atoms with van der Waals surface area (Å²) in [6, 6.07) is 0. The normalized spacial score (nSPS) is 11.7. The van der Waals surface area contributed by atoms with Gasteiger partial charge in [0.2, 0.25) is 0 Å². The van der Waals surface area contributed by atoms with Crippen molar-refractivity contribution in [1.29, 1.82) is 0 Å². The maximum atomic E-state index is 10.4. The van der Waals surface area contributed by atoms with Gasteiger partial charge < -0.3 is 9.84 Å². The number of carbonyl (C=O) groups is 1. The van der Waals surface area contributed by atoms with Crippen LogP contribution in [0.1, 0.15) is 33.1 Å². The van der Waals surface area contributed by atoms with Crippen molar-refractivity contribution in [3.63, 3.8) is 0 Å². The molecule has 0 saturated heterocycles. The zero-order chi connectivity index (χ0) is 10.1. The van der Waals surface area contributed by atoms with Gasteiger partial charge in [-0.3, -0.25) is 0 Å². The molecule has 3 nitrogen and oxygen atoms in total. The first-order valence-corrected chi connectivity index (χ1v) is 4.66. The standard InChI is InChI=1S/C10H18O3/c1-3-4-7-13-8-5-6-9(2)10(11)12/h6H,3-5,7-8H2,1-2H3,(H,11,12). The first-order valence-electron chi connectivity index (χ1n) is 4.66. The van der Waals surface area contributed by atoms with Crippen molar-refractivity contribution in [2.45, 2.75) is 33.1 Å². The van der Waals surface area contributed by atoms with E-state index >= 15 is 0 Å². The third kappa shape index (κ3) is 7.53. The first-order chi connectivity index (χ1) is 6.18. The van der Waals surface area contributed by atoms with Gasteiger partial charge in [-0.05, 0) is 19.8 Å². The number of carboxylic acids is 1. The molecule has 0 saturated carbocycles. The highest BCUT2D eigenvalue weighted by molar-refractivity contribution is 5.85. The Balaban J connectivity index is 3.34. The van der Waals surface area contributed by atoms with Gasteiger partial charge >= 0.3 is 5.97 Å². The fourth-order valence-electron chi connectivity index (χ4n) is 0.795. The van der Waals surface area contributed by atoms with E-state index in [1.165, 1.54) is 0 Å². The molecule has 0 aromatic carbocycles. The van der Waals surface area contributed by atoms with E-state index in [2.05, 4.69) is 6.92 Å². The van der Waals surface area contributed by atoms with Gasteiger partial charge in [-0.15, -0.1) is 0 Å². The summed E-state index contributed by atoms with van der Waals surface area (Å²) in [5.41, 5.74) is 0.388. The molecule has 3 heteroatoms. The zero-order valence-electron chi connectivity index (χ0n) is 8.38. The van der Waals surface area contributed by atoms with Gasteiger partial charge in [0, 0.05) is 12.2 Å². The van der Waals surface area contributed by atoms with Gasteiger partial charge in [-0.25, -0.2) is 4.79 Å². The molecule has 0 amide bonds. The van der Waals surface area contributed by atoms with Crippen LogP contribution in [0.2, 0.25) is 0 Å². The summed E-state index contributed by atoms with van der Waals surface area (Å²) >= 11 is 0. The van der Waals surface area contributed by atoms with E-state index in [1.54, 1.807) is 13.0 Å². The number of hydrogen-bond donors (Lipinski definition) is 1. The topological polar surface area (TPSA) is 46.5 Å². The Kier molecular flexibility index (Phi) is 7.30. The molecular weight excluding hydrogens is 168 g/mol. The molecule has 76 valence electrons. The molecule has 0 fully saturated rings. The van der Waals surface area contributed by atoms with Crippen molar-refractivity contribution in [2.75, 3.05) is 13.2 Å². The molecule has 0 aliphatic carbocycles. The second-order valence-electron chi connectivity index (χ2n) is 2.95. The van der Waals surface area contributed by atoms with Crippen LogP contribution in [0.15, 0.2) is 11.6 Å². The van der Waals surface area contributed by atoms with Crippen molar-refractivity contribution in [3.05, 3.63) is 11.6 Å². The number of hydrogen-bond acceptors (Lipinski definition) is 2. The van der Waals surface area contributed by atoms with Gasteiger partial charge in [0.1, 0.15) is 0 Å². The Morgan fingerprint density at radius 2 is 2.15 bits per heavy atom. The fraction of sp³-hybridized carbons (Fsp3) is 0.700. The van der Waals surface area contributed by atoms with E-state index in [4.69, 9.17) is 9.84 Å². The highest BCUT2D eigenvalue weighted by Gasteiger charge is 1.97. The van der Waals surface area contributed by atoms with Crippen molar-refractivity contribution < 1.29 is 14.6 Å². The van der Waals surface area contributed by atoms with Crippen LogP contribution in [-0.4, -0.2) is 24.3 Å². The molecule has 0 atom stereocenters. The molecule has 0 bridgehead atoms. The van der Waals surface area contributed by atoms with E-state index in [9.17, 15) is 4.79 Å². The second-order valence-corrected chi connectivity index (χ2v) is 2.95. The number of rotatable bonds is 7. The molecule has 0 heterocycles. The highest BCUT2D eigenvalue weighted by Crippen LogP contribution is 1.96. The average Bonchev–Trinajstić information content (AvgIpc) is 2.10. The van der Waals surface area contributed by atoms with E-state index < -0.39 is 5.97 Å². The van der Waals surface area contributed by atoms with Gasteiger partial charge in [0.05, 0.1) is 6.61 Å². The maximum absolute atomic E-state index is 10.4. The Bertz CT molecular complexity index is 173. The molecule has 0 unspecified atom stereocenters. The van der Waals surface area contributed by atoms with Gasteiger partial charge in [-0.2, -0.15) is 0 Å². The Morgan fingerprint density at radius 3 is 2.69 bits per heavy atom. The third-order valence-electron chi connectivity index (χ3n) is 1.69. The van der Waals surface area contributed by atoms with Crippen LogP contribution in [0.25, 0.3) is 0 Å². The van der Waals surface area contributed by atoms with E-state index in [0.717, 1.165) is 19.4 Å². The molecule has 0 radical (unpaired) electrons. The number of ether oxygens (including phenoxy) is 1. The predicted molar refractivity (Wildman–Crippen MR) is 51.7 cm³/mol. The number of carboxylic acid groups (broad SMARTS) is 1. The zero-order valence-corrected chi connectivity index (χ0v) is 8.38. The lowest BCUT2D eigenvalue weighted by Gasteiger charge is -2.00. The quantitative estimate of drug-likeness (QED) is 0.490. The van der Waals surface area contributed by atoms with E-state index in [-0.39, 0.29) is 0 Å². The van der Waals surface area contributed by atoms with Crippen LogP contribution in [0, 0.1) is 0 Å². The summed E-state index contributed by atoms with van der Waals surface area (Å²) < 4.78 is 5.27. The molecule has 0 aromatic heterocycles.